The summed E-state index contributed by atoms with van der Waals surface area (Å²) in [6, 6.07) is 9.92. The summed E-state index contributed by atoms with van der Waals surface area (Å²) in [5.41, 5.74) is 1.45. The number of amides is 2. The third-order valence-corrected chi connectivity index (χ3v) is 7.22. The molecular formula is C25H30N2O7S. The number of methoxy groups -OCH3 is 3. The smallest absolute Gasteiger partial charge is 0.338 e. The molecule has 0 aliphatic carbocycles. The van der Waals surface area contributed by atoms with Gasteiger partial charge in [0.25, 0.3) is 0 Å². The number of hydrogen-bond acceptors (Lipinski definition) is 7. The zero-order chi connectivity index (χ0) is 25.8. The molecule has 1 heterocycles. The van der Waals surface area contributed by atoms with Gasteiger partial charge in [0.2, 0.25) is 0 Å². The van der Waals surface area contributed by atoms with E-state index in [4.69, 9.17) is 14.2 Å². The molecule has 0 radical (unpaired) electrons. The number of hydrogen-bond donors (Lipinski definition) is 2. The molecule has 2 N–H and O–H groups in total. The molecule has 1 aliphatic rings. The van der Waals surface area contributed by atoms with Crippen molar-refractivity contribution in [3.05, 3.63) is 64.9 Å². The fourth-order valence-electron chi connectivity index (χ4n) is 3.94. The molecule has 9 nitrogen and oxygen atoms in total. The number of carbonyl (C=O) groups is 2. The maximum Gasteiger partial charge on any atom is 0.338 e. The first kappa shape index (κ1) is 26.1. The van der Waals surface area contributed by atoms with Gasteiger partial charge in [-0.15, -0.1) is 0 Å². The van der Waals surface area contributed by atoms with Crippen molar-refractivity contribution in [3.8, 4) is 11.5 Å². The molecule has 10 heteroatoms. The maximum atomic E-state index is 13.2. The normalized spacial score (nSPS) is 15.9. The lowest BCUT2D eigenvalue weighted by Gasteiger charge is -2.29. The van der Waals surface area contributed by atoms with Crippen molar-refractivity contribution in [2.24, 2.45) is 5.92 Å². The highest BCUT2D eigenvalue weighted by Gasteiger charge is 2.36. The van der Waals surface area contributed by atoms with Crippen LogP contribution in [0.15, 0.2) is 58.6 Å². The summed E-state index contributed by atoms with van der Waals surface area (Å²) in [6.07, 6.45) is 0.826. The molecule has 0 saturated heterocycles. The lowest BCUT2D eigenvalue weighted by molar-refractivity contribution is -0.136. The molecule has 0 bridgehead atoms. The summed E-state index contributed by atoms with van der Waals surface area (Å²) in [5, 5.41) is 5.16. The monoisotopic (exact) mass is 502 g/mol. The number of esters is 1. The van der Waals surface area contributed by atoms with Crippen LogP contribution in [0.3, 0.4) is 0 Å². The van der Waals surface area contributed by atoms with E-state index < -0.39 is 33.6 Å². The Balaban J connectivity index is 2.04. The summed E-state index contributed by atoms with van der Waals surface area (Å²) < 4.78 is 42.0. The van der Waals surface area contributed by atoms with Gasteiger partial charge in [-0.2, -0.15) is 0 Å². The molecule has 0 fully saturated rings. The summed E-state index contributed by atoms with van der Waals surface area (Å²) >= 11 is 0. The fraction of sp³-hybridized carbons (Fsp3) is 0.360. The fourth-order valence-corrected chi connectivity index (χ4v) is 5.27. The van der Waals surface area contributed by atoms with Crippen molar-refractivity contribution in [2.45, 2.75) is 31.2 Å². The number of nitrogens with one attached hydrogen (secondary N) is 2. The Kier molecular flexibility index (Phi) is 8.06. The van der Waals surface area contributed by atoms with E-state index in [1.54, 1.807) is 42.5 Å². The van der Waals surface area contributed by atoms with Gasteiger partial charge < -0.3 is 24.8 Å². The highest BCUT2D eigenvalue weighted by Crippen LogP contribution is 2.35. The molecule has 1 unspecified atom stereocenters. The van der Waals surface area contributed by atoms with Crippen LogP contribution >= 0.6 is 0 Å². The second-order valence-electron chi connectivity index (χ2n) is 8.53. The molecule has 0 saturated carbocycles. The summed E-state index contributed by atoms with van der Waals surface area (Å²) in [5.74, 6) is -0.0713. The van der Waals surface area contributed by atoms with Crippen LogP contribution in [0.25, 0.3) is 0 Å². The van der Waals surface area contributed by atoms with E-state index in [-0.39, 0.29) is 16.2 Å². The number of sulfone groups is 1. The first-order valence-corrected chi connectivity index (χ1v) is 12.7. The molecule has 1 aliphatic heterocycles. The standard InChI is InChI=1S/C25H30N2O7S/c1-15(2)12-16-6-9-18(10-7-16)35(30,31)14-19-22(24(28)34-5)23(27-25(29)26-19)17-8-11-20(32-3)21(13-17)33-4/h6-11,13,15,23H,12,14H2,1-5H3,(H2,26,27,29). The molecular weight excluding hydrogens is 472 g/mol. The van der Waals surface area contributed by atoms with Gasteiger partial charge in [-0.25, -0.2) is 18.0 Å². The van der Waals surface area contributed by atoms with Crippen molar-refractivity contribution in [2.75, 3.05) is 27.1 Å². The van der Waals surface area contributed by atoms with E-state index in [9.17, 15) is 18.0 Å². The van der Waals surface area contributed by atoms with Crippen LogP contribution in [0.5, 0.6) is 11.5 Å². The Morgan fingerprint density at radius 3 is 2.23 bits per heavy atom. The highest BCUT2D eigenvalue weighted by molar-refractivity contribution is 7.91. The average Bonchev–Trinajstić information content (AvgIpc) is 2.82. The van der Waals surface area contributed by atoms with E-state index in [0.29, 0.717) is 23.0 Å². The molecule has 1 atom stereocenters. The Morgan fingerprint density at radius 1 is 1.00 bits per heavy atom. The van der Waals surface area contributed by atoms with Gasteiger partial charge in [0.15, 0.2) is 21.3 Å². The van der Waals surface area contributed by atoms with E-state index in [2.05, 4.69) is 24.5 Å². The Bertz CT molecular complexity index is 1230. The summed E-state index contributed by atoms with van der Waals surface area (Å²) in [4.78, 5) is 25.4. The largest absolute Gasteiger partial charge is 0.493 e. The number of ether oxygens (including phenoxy) is 3. The minimum absolute atomic E-state index is 0.0145. The van der Waals surface area contributed by atoms with E-state index in [1.807, 2.05) is 0 Å². The van der Waals surface area contributed by atoms with E-state index >= 15 is 0 Å². The summed E-state index contributed by atoms with van der Waals surface area (Å²) in [6.45, 7) is 4.17. The van der Waals surface area contributed by atoms with Crippen LogP contribution in [0, 0.1) is 5.92 Å². The quantitative estimate of drug-likeness (QED) is 0.506. The zero-order valence-corrected chi connectivity index (χ0v) is 21.2. The van der Waals surface area contributed by atoms with Gasteiger partial charge >= 0.3 is 12.0 Å². The molecule has 2 amide bonds. The molecule has 0 aromatic heterocycles. The van der Waals surface area contributed by atoms with Crippen molar-refractivity contribution in [1.29, 1.82) is 0 Å². The third kappa shape index (κ3) is 5.94. The maximum absolute atomic E-state index is 13.2. The van der Waals surface area contributed by atoms with Gasteiger partial charge in [-0.1, -0.05) is 32.0 Å². The van der Waals surface area contributed by atoms with Crippen LogP contribution in [0.4, 0.5) is 4.79 Å². The SMILES string of the molecule is COC(=O)C1=C(CS(=O)(=O)c2ccc(CC(C)C)cc2)NC(=O)NC1c1ccc(OC)c(OC)c1. The zero-order valence-electron chi connectivity index (χ0n) is 20.4. The highest BCUT2D eigenvalue weighted by atomic mass is 32.2. The van der Waals surface area contributed by atoms with Crippen molar-refractivity contribution in [1.82, 2.24) is 10.6 Å². The van der Waals surface area contributed by atoms with Crippen molar-refractivity contribution < 1.29 is 32.2 Å². The third-order valence-electron chi connectivity index (χ3n) is 5.56. The number of carbonyl (C=O) groups excluding carboxylic acids is 2. The van der Waals surface area contributed by atoms with Gasteiger partial charge in [0, 0.05) is 5.70 Å². The van der Waals surface area contributed by atoms with Gasteiger partial charge in [-0.3, -0.25) is 0 Å². The summed E-state index contributed by atoms with van der Waals surface area (Å²) in [7, 11) is 0.257. The second-order valence-corrected chi connectivity index (χ2v) is 10.5. The Labute approximate surface area is 205 Å². The van der Waals surface area contributed by atoms with Gasteiger partial charge in [0.05, 0.1) is 43.6 Å². The molecule has 2 aromatic carbocycles. The molecule has 35 heavy (non-hydrogen) atoms. The van der Waals surface area contributed by atoms with Crippen molar-refractivity contribution in [3.63, 3.8) is 0 Å². The van der Waals surface area contributed by atoms with Crippen LogP contribution in [0.1, 0.15) is 31.0 Å². The molecule has 2 aromatic rings. The predicted octanol–water partition coefficient (Wildman–Crippen LogP) is 3.16. The minimum atomic E-state index is -3.89. The Hall–Kier alpha value is -3.53. The van der Waals surface area contributed by atoms with Gasteiger partial charge in [-0.05, 0) is 47.7 Å². The molecule has 3 rings (SSSR count). The number of benzene rings is 2. The average molecular weight is 503 g/mol. The lowest BCUT2D eigenvalue weighted by atomic mass is 9.95. The molecule has 0 spiro atoms. The van der Waals surface area contributed by atoms with Gasteiger partial charge in [0.1, 0.15) is 0 Å². The number of urea groups is 1. The molecule has 188 valence electrons. The lowest BCUT2D eigenvalue weighted by Crippen LogP contribution is -2.47. The second kappa shape index (κ2) is 10.8. The van der Waals surface area contributed by atoms with Crippen LogP contribution in [0.2, 0.25) is 0 Å². The predicted molar refractivity (Wildman–Crippen MR) is 130 cm³/mol. The van der Waals surface area contributed by atoms with Crippen LogP contribution < -0.4 is 20.1 Å². The van der Waals surface area contributed by atoms with Crippen LogP contribution in [-0.4, -0.2) is 47.5 Å². The minimum Gasteiger partial charge on any atom is -0.493 e. The first-order chi connectivity index (χ1) is 16.6. The number of rotatable bonds is 9. The van der Waals surface area contributed by atoms with E-state index in [0.717, 1.165) is 12.0 Å². The first-order valence-electron chi connectivity index (χ1n) is 11.0. The van der Waals surface area contributed by atoms with Crippen LogP contribution in [-0.2, 0) is 25.8 Å². The topological polar surface area (TPSA) is 120 Å². The Morgan fingerprint density at radius 2 is 1.66 bits per heavy atom. The van der Waals surface area contributed by atoms with E-state index in [1.165, 1.54) is 21.3 Å². The van der Waals surface area contributed by atoms with Crippen molar-refractivity contribution >= 4 is 21.8 Å².